The third kappa shape index (κ3) is 2.40. The van der Waals surface area contributed by atoms with Crippen molar-refractivity contribution in [2.75, 3.05) is 0 Å². The third-order valence-corrected chi connectivity index (χ3v) is 2.66. The van der Waals surface area contributed by atoms with Crippen molar-refractivity contribution < 1.29 is 0 Å². The summed E-state index contributed by atoms with van der Waals surface area (Å²) in [5.41, 5.74) is 7.85. The highest BCUT2D eigenvalue weighted by Gasteiger charge is 2.09. The Balaban J connectivity index is 2.29. The maximum absolute atomic E-state index is 6.05. The zero-order valence-electron chi connectivity index (χ0n) is 7.97. The summed E-state index contributed by atoms with van der Waals surface area (Å²) >= 11 is 3.38. The lowest BCUT2D eigenvalue weighted by Crippen LogP contribution is -2.13. The van der Waals surface area contributed by atoms with E-state index >= 15 is 0 Å². The molecule has 1 heterocycles. The zero-order valence-corrected chi connectivity index (χ0v) is 9.55. The van der Waals surface area contributed by atoms with Crippen LogP contribution in [0.4, 0.5) is 0 Å². The second-order valence-corrected chi connectivity index (χ2v) is 4.08. The molecule has 1 unspecified atom stereocenters. The summed E-state index contributed by atoms with van der Waals surface area (Å²) in [5, 5.41) is 0. The van der Waals surface area contributed by atoms with Crippen molar-refractivity contribution in [2.45, 2.75) is 6.04 Å². The number of hydrogen-bond donors (Lipinski definition) is 1. The van der Waals surface area contributed by atoms with Gasteiger partial charge in [0.2, 0.25) is 0 Å². The van der Waals surface area contributed by atoms with E-state index in [1.165, 1.54) is 0 Å². The molecular formula is C11H10BrN3. The first kappa shape index (κ1) is 10.3. The van der Waals surface area contributed by atoms with Crippen LogP contribution >= 0.6 is 15.9 Å². The Morgan fingerprint density at radius 1 is 1.13 bits per heavy atom. The minimum Gasteiger partial charge on any atom is -0.319 e. The maximum atomic E-state index is 6.05. The second-order valence-electron chi connectivity index (χ2n) is 3.16. The number of rotatable bonds is 2. The highest BCUT2D eigenvalue weighted by molar-refractivity contribution is 9.10. The van der Waals surface area contributed by atoms with Crippen LogP contribution in [0.25, 0.3) is 0 Å². The third-order valence-electron chi connectivity index (χ3n) is 2.13. The van der Waals surface area contributed by atoms with Gasteiger partial charge in [-0.2, -0.15) is 0 Å². The molecule has 1 aromatic heterocycles. The molecule has 0 saturated heterocycles. The van der Waals surface area contributed by atoms with E-state index in [4.69, 9.17) is 5.73 Å². The van der Waals surface area contributed by atoms with Crippen LogP contribution in [0.5, 0.6) is 0 Å². The summed E-state index contributed by atoms with van der Waals surface area (Å²) in [6.07, 6.45) is 4.97. The topological polar surface area (TPSA) is 51.8 Å². The van der Waals surface area contributed by atoms with E-state index in [1.54, 1.807) is 18.6 Å². The number of benzene rings is 1. The van der Waals surface area contributed by atoms with Gasteiger partial charge in [0.15, 0.2) is 0 Å². The van der Waals surface area contributed by atoms with Gasteiger partial charge in [-0.05, 0) is 17.7 Å². The maximum Gasteiger partial charge on any atom is 0.0799 e. The number of nitrogens with two attached hydrogens (primary N) is 1. The molecule has 0 bridgehead atoms. The van der Waals surface area contributed by atoms with Gasteiger partial charge in [-0.25, -0.2) is 0 Å². The summed E-state index contributed by atoms with van der Waals surface area (Å²) in [5.74, 6) is 0. The van der Waals surface area contributed by atoms with Crippen molar-refractivity contribution in [1.82, 2.24) is 9.97 Å². The molecule has 2 rings (SSSR count). The molecule has 0 aliphatic heterocycles. The Morgan fingerprint density at radius 2 is 1.87 bits per heavy atom. The molecule has 0 aliphatic carbocycles. The minimum absolute atomic E-state index is 0.216. The van der Waals surface area contributed by atoms with E-state index in [1.807, 2.05) is 24.3 Å². The van der Waals surface area contributed by atoms with Gasteiger partial charge in [0.05, 0.1) is 17.9 Å². The molecule has 76 valence electrons. The fourth-order valence-corrected chi connectivity index (χ4v) is 1.58. The summed E-state index contributed by atoms with van der Waals surface area (Å²) < 4.78 is 1.04. The first-order valence-corrected chi connectivity index (χ1v) is 5.33. The van der Waals surface area contributed by atoms with Gasteiger partial charge in [-0.3, -0.25) is 9.97 Å². The molecule has 0 amide bonds. The van der Waals surface area contributed by atoms with E-state index in [9.17, 15) is 0 Å². The van der Waals surface area contributed by atoms with Crippen molar-refractivity contribution >= 4 is 15.9 Å². The standard InChI is InChI=1S/C11H10BrN3/c12-9-3-1-8(2-4-9)11(13)10-7-14-5-6-15-10/h1-7,11H,13H2. The van der Waals surface area contributed by atoms with Crippen LogP contribution in [-0.4, -0.2) is 9.97 Å². The van der Waals surface area contributed by atoms with Crippen molar-refractivity contribution in [2.24, 2.45) is 5.73 Å². The molecule has 2 aromatic rings. The second kappa shape index (κ2) is 4.51. The Bertz CT molecular complexity index is 427. The van der Waals surface area contributed by atoms with E-state index in [0.717, 1.165) is 15.7 Å². The highest BCUT2D eigenvalue weighted by Crippen LogP contribution is 2.19. The van der Waals surface area contributed by atoms with Gasteiger partial charge in [0, 0.05) is 16.9 Å². The Morgan fingerprint density at radius 3 is 2.47 bits per heavy atom. The molecule has 1 atom stereocenters. The Hall–Kier alpha value is -1.26. The highest BCUT2D eigenvalue weighted by atomic mass is 79.9. The van der Waals surface area contributed by atoms with E-state index < -0.39 is 0 Å². The van der Waals surface area contributed by atoms with Gasteiger partial charge >= 0.3 is 0 Å². The van der Waals surface area contributed by atoms with Crippen LogP contribution < -0.4 is 5.73 Å². The van der Waals surface area contributed by atoms with Gasteiger partial charge < -0.3 is 5.73 Å². The van der Waals surface area contributed by atoms with Crippen molar-refractivity contribution in [3.63, 3.8) is 0 Å². The fraction of sp³-hybridized carbons (Fsp3) is 0.0909. The molecule has 0 spiro atoms. The average Bonchev–Trinajstić information content (AvgIpc) is 2.30. The lowest BCUT2D eigenvalue weighted by atomic mass is 10.1. The molecule has 3 nitrogen and oxygen atoms in total. The number of hydrogen-bond acceptors (Lipinski definition) is 3. The van der Waals surface area contributed by atoms with E-state index in [0.29, 0.717) is 0 Å². The molecular weight excluding hydrogens is 254 g/mol. The smallest absolute Gasteiger partial charge is 0.0799 e. The normalized spacial score (nSPS) is 12.4. The van der Waals surface area contributed by atoms with Crippen LogP contribution in [-0.2, 0) is 0 Å². The zero-order chi connectivity index (χ0) is 10.7. The summed E-state index contributed by atoms with van der Waals surface area (Å²) in [6.45, 7) is 0. The first-order chi connectivity index (χ1) is 7.27. The number of aromatic nitrogens is 2. The van der Waals surface area contributed by atoms with Crippen molar-refractivity contribution in [3.8, 4) is 0 Å². The first-order valence-electron chi connectivity index (χ1n) is 4.54. The molecule has 0 saturated carbocycles. The number of nitrogens with zero attached hydrogens (tertiary/aromatic N) is 2. The molecule has 15 heavy (non-hydrogen) atoms. The predicted molar refractivity (Wildman–Crippen MR) is 62.2 cm³/mol. The van der Waals surface area contributed by atoms with Crippen LogP contribution in [0.15, 0.2) is 47.3 Å². The van der Waals surface area contributed by atoms with Gasteiger partial charge in [-0.1, -0.05) is 28.1 Å². The summed E-state index contributed by atoms with van der Waals surface area (Å²) in [7, 11) is 0. The summed E-state index contributed by atoms with van der Waals surface area (Å²) in [6, 6.07) is 7.66. The molecule has 0 aliphatic rings. The molecule has 0 fully saturated rings. The Labute approximate surface area is 96.5 Å². The SMILES string of the molecule is NC(c1ccc(Br)cc1)c1cnccn1. The van der Waals surface area contributed by atoms with Gasteiger partial charge in [0.25, 0.3) is 0 Å². The fourth-order valence-electron chi connectivity index (χ4n) is 1.31. The van der Waals surface area contributed by atoms with Crippen LogP contribution in [0.1, 0.15) is 17.3 Å². The van der Waals surface area contributed by atoms with E-state index in [2.05, 4.69) is 25.9 Å². The van der Waals surface area contributed by atoms with Gasteiger partial charge in [-0.15, -0.1) is 0 Å². The Kier molecular flexibility index (Phi) is 3.08. The van der Waals surface area contributed by atoms with Gasteiger partial charge in [0.1, 0.15) is 0 Å². The quantitative estimate of drug-likeness (QED) is 0.905. The predicted octanol–water partition coefficient (Wildman–Crippen LogP) is 2.29. The monoisotopic (exact) mass is 263 g/mol. The van der Waals surface area contributed by atoms with E-state index in [-0.39, 0.29) is 6.04 Å². The lowest BCUT2D eigenvalue weighted by Gasteiger charge is -2.10. The molecule has 0 radical (unpaired) electrons. The summed E-state index contributed by atoms with van der Waals surface area (Å²) in [4.78, 5) is 8.18. The van der Waals surface area contributed by atoms with Crippen LogP contribution in [0.3, 0.4) is 0 Å². The average molecular weight is 264 g/mol. The van der Waals surface area contributed by atoms with Crippen molar-refractivity contribution in [1.29, 1.82) is 0 Å². The largest absolute Gasteiger partial charge is 0.319 e. The van der Waals surface area contributed by atoms with Crippen LogP contribution in [0.2, 0.25) is 0 Å². The molecule has 1 aromatic carbocycles. The molecule has 2 N–H and O–H groups in total. The lowest BCUT2D eigenvalue weighted by molar-refractivity contribution is 0.817. The van der Waals surface area contributed by atoms with Crippen molar-refractivity contribution in [3.05, 3.63) is 58.6 Å². The minimum atomic E-state index is -0.216. The van der Waals surface area contributed by atoms with Crippen LogP contribution in [0, 0.1) is 0 Å². The number of halogens is 1. The molecule has 4 heteroatoms.